The first-order valence-electron chi connectivity index (χ1n) is 3.96. The molecule has 0 aromatic carbocycles. The number of halogens is 1. The van der Waals surface area contributed by atoms with Gasteiger partial charge in [-0.3, -0.25) is 0 Å². The Bertz CT molecular complexity index is 465. The zero-order valence-corrected chi connectivity index (χ0v) is 8.23. The largest absolute Gasteiger partial charge is 0.382 e. The van der Waals surface area contributed by atoms with Gasteiger partial charge in [0, 0.05) is 11.8 Å². The van der Waals surface area contributed by atoms with Crippen LogP contribution in [0.15, 0.2) is 18.6 Å². The first-order chi connectivity index (χ1) is 6.68. The molecule has 0 atom stereocenters. The van der Waals surface area contributed by atoms with Crippen LogP contribution in [0.5, 0.6) is 0 Å². The van der Waals surface area contributed by atoms with Crippen molar-refractivity contribution in [3.63, 3.8) is 0 Å². The Morgan fingerprint density at radius 3 is 2.79 bits per heavy atom. The molecular weight excluding hydrogens is 202 g/mol. The number of anilines is 1. The summed E-state index contributed by atoms with van der Waals surface area (Å²) in [4.78, 5) is 8.01. The van der Waals surface area contributed by atoms with Gasteiger partial charge in [-0.25, -0.2) is 9.97 Å². The van der Waals surface area contributed by atoms with Crippen LogP contribution >= 0.6 is 11.6 Å². The summed E-state index contributed by atoms with van der Waals surface area (Å²) in [5.41, 5.74) is 6.54. The highest BCUT2D eigenvalue weighted by atomic mass is 35.5. The summed E-state index contributed by atoms with van der Waals surface area (Å²) in [6.45, 7) is 1.87. The quantitative estimate of drug-likeness (QED) is 0.767. The van der Waals surface area contributed by atoms with Crippen molar-refractivity contribution >= 4 is 17.4 Å². The maximum atomic E-state index is 5.77. The molecule has 2 aromatic heterocycles. The third-order valence-electron chi connectivity index (χ3n) is 1.77. The fourth-order valence-corrected chi connectivity index (χ4v) is 1.20. The van der Waals surface area contributed by atoms with E-state index < -0.39 is 0 Å². The fourth-order valence-electron chi connectivity index (χ4n) is 1.08. The van der Waals surface area contributed by atoms with Crippen molar-refractivity contribution in [1.82, 2.24) is 19.7 Å². The van der Waals surface area contributed by atoms with E-state index in [1.54, 1.807) is 6.07 Å². The van der Waals surface area contributed by atoms with Crippen LogP contribution in [0, 0.1) is 6.92 Å². The SMILES string of the molecule is Cc1cc(-n2ncc(Cl)c2N)ncn1. The molecule has 0 aliphatic rings. The molecule has 0 fully saturated rings. The van der Waals surface area contributed by atoms with Crippen LogP contribution in [0.4, 0.5) is 5.82 Å². The van der Waals surface area contributed by atoms with Gasteiger partial charge in [0.15, 0.2) is 5.82 Å². The lowest BCUT2D eigenvalue weighted by Crippen LogP contribution is -2.04. The lowest BCUT2D eigenvalue weighted by atomic mass is 10.4. The summed E-state index contributed by atoms with van der Waals surface area (Å²) in [6, 6.07) is 1.78. The van der Waals surface area contributed by atoms with Gasteiger partial charge in [0.05, 0.1) is 6.20 Å². The lowest BCUT2D eigenvalue weighted by molar-refractivity contribution is 0.844. The molecule has 0 saturated heterocycles. The van der Waals surface area contributed by atoms with Crippen LogP contribution in [0.3, 0.4) is 0 Å². The molecule has 5 nitrogen and oxygen atoms in total. The van der Waals surface area contributed by atoms with Gasteiger partial charge in [0.1, 0.15) is 17.2 Å². The minimum absolute atomic E-state index is 0.379. The van der Waals surface area contributed by atoms with Crippen LogP contribution in [-0.4, -0.2) is 19.7 Å². The highest BCUT2D eigenvalue weighted by Crippen LogP contribution is 2.19. The van der Waals surface area contributed by atoms with Crippen LogP contribution in [-0.2, 0) is 0 Å². The molecule has 0 radical (unpaired) electrons. The van der Waals surface area contributed by atoms with Crippen LogP contribution in [0.25, 0.3) is 5.82 Å². The summed E-state index contributed by atoms with van der Waals surface area (Å²) < 4.78 is 1.47. The molecule has 0 bridgehead atoms. The molecule has 2 rings (SSSR count). The molecule has 0 spiro atoms. The Hall–Kier alpha value is -1.62. The number of hydrogen-bond donors (Lipinski definition) is 1. The summed E-state index contributed by atoms with van der Waals surface area (Å²) >= 11 is 5.77. The number of nitrogens with zero attached hydrogens (tertiary/aromatic N) is 4. The van der Waals surface area contributed by atoms with Crippen LogP contribution in [0.2, 0.25) is 5.02 Å². The highest BCUT2D eigenvalue weighted by molar-refractivity contribution is 6.32. The monoisotopic (exact) mass is 209 g/mol. The minimum atomic E-state index is 0.379. The molecule has 0 amide bonds. The summed E-state index contributed by atoms with van der Waals surface area (Å²) in [6.07, 6.45) is 2.94. The molecule has 0 aliphatic carbocycles. The molecule has 2 aromatic rings. The number of nitrogens with two attached hydrogens (primary N) is 1. The second-order valence-electron chi connectivity index (χ2n) is 2.81. The predicted octanol–water partition coefficient (Wildman–Crippen LogP) is 1.21. The summed E-state index contributed by atoms with van der Waals surface area (Å²) in [5.74, 6) is 0.992. The first kappa shape index (κ1) is 8.96. The van der Waals surface area contributed by atoms with Gasteiger partial charge >= 0.3 is 0 Å². The van der Waals surface area contributed by atoms with E-state index in [4.69, 9.17) is 17.3 Å². The number of hydrogen-bond acceptors (Lipinski definition) is 4. The van der Waals surface area contributed by atoms with E-state index >= 15 is 0 Å². The predicted molar refractivity (Wildman–Crippen MR) is 53.3 cm³/mol. The van der Waals surface area contributed by atoms with Gasteiger partial charge in [0.2, 0.25) is 0 Å². The van der Waals surface area contributed by atoms with E-state index in [9.17, 15) is 0 Å². The van der Waals surface area contributed by atoms with Crippen LogP contribution in [0.1, 0.15) is 5.69 Å². The van der Waals surface area contributed by atoms with E-state index in [-0.39, 0.29) is 0 Å². The van der Waals surface area contributed by atoms with Gasteiger partial charge < -0.3 is 5.73 Å². The Labute approximate surface area is 85.5 Å². The Morgan fingerprint density at radius 2 is 2.21 bits per heavy atom. The third kappa shape index (κ3) is 1.42. The molecule has 14 heavy (non-hydrogen) atoms. The molecule has 6 heteroatoms. The van der Waals surface area contributed by atoms with Crippen molar-refractivity contribution in [2.24, 2.45) is 0 Å². The van der Waals surface area contributed by atoms with E-state index in [2.05, 4.69) is 15.1 Å². The maximum absolute atomic E-state index is 5.77. The van der Waals surface area contributed by atoms with Crippen molar-refractivity contribution < 1.29 is 0 Å². The standard InChI is InChI=1S/C8H8ClN5/c1-5-2-7(12-4-11-5)14-8(10)6(9)3-13-14/h2-4H,10H2,1H3. The number of aryl methyl sites for hydroxylation is 1. The zero-order chi connectivity index (χ0) is 10.1. The summed E-state index contributed by atoms with van der Waals surface area (Å²) in [7, 11) is 0. The molecule has 0 saturated carbocycles. The molecule has 0 aliphatic heterocycles. The van der Waals surface area contributed by atoms with E-state index in [1.807, 2.05) is 6.92 Å². The Balaban J connectivity index is 2.55. The fraction of sp³-hybridized carbons (Fsp3) is 0.125. The second-order valence-corrected chi connectivity index (χ2v) is 3.21. The topological polar surface area (TPSA) is 69.6 Å². The molecular formula is C8H8ClN5. The normalized spacial score (nSPS) is 10.4. The van der Waals surface area contributed by atoms with Gasteiger partial charge in [-0.1, -0.05) is 11.6 Å². The maximum Gasteiger partial charge on any atom is 0.159 e. The van der Waals surface area contributed by atoms with Gasteiger partial charge in [-0.15, -0.1) is 0 Å². The zero-order valence-electron chi connectivity index (χ0n) is 7.48. The van der Waals surface area contributed by atoms with E-state index in [1.165, 1.54) is 17.2 Å². The Kier molecular flexibility index (Phi) is 2.09. The highest BCUT2D eigenvalue weighted by Gasteiger charge is 2.07. The number of rotatable bonds is 1. The molecule has 2 N–H and O–H groups in total. The average Bonchev–Trinajstić information content (AvgIpc) is 2.48. The lowest BCUT2D eigenvalue weighted by Gasteiger charge is -2.02. The molecule has 0 unspecified atom stereocenters. The number of nitrogen functional groups attached to an aromatic ring is 1. The third-order valence-corrected chi connectivity index (χ3v) is 2.06. The average molecular weight is 210 g/mol. The van der Waals surface area contributed by atoms with E-state index in [0.717, 1.165) is 5.69 Å². The van der Waals surface area contributed by atoms with Crippen molar-refractivity contribution in [3.8, 4) is 5.82 Å². The van der Waals surface area contributed by atoms with Crippen molar-refractivity contribution in [2.75, 3.05) is 5.73 Å². The van der Waals surface area contributed by atoms with Gasteiger partial charge in [-0.2, -0.15) is 9.78 Å². The van der Waals surface area contributed by atoms with Crippen molar-refractivity contribution in [1.29, 1.82) is 0 Å². The van der Waals surface area contributed by atoms with Gasteiger partial charge in [0.25, 0.3) is 0 Å². The first-order valence-corrected chi connectivity index (χ1v) is 4.34. The smallest absolute Gasteiger partial charge is 0.159 e. The van der Waals surface area contributed by atoms with E-state index in [0.29, 0.717) is 16.7 Å². The summed E-state index contributed by atoms with van der Waals surface area (Å²) in [5, 5.41) is 4.41. The molecule has 72 valence electrons. The van der Waals surface area contributed by atoms with Gasteiger partial charge in [-0.05, 0) is 6.92 Å². The van der Waals surface area contributed by atoms with Crippen molar-refractivity contribution in [3.05, 3.63) is 29.3 Å². The number of aromatic nitrogens is 4. The minimum Gasteiger partial charge on any atom is -0.382 e. The second kappa shape index (κ2) is 3.26. The Morgan fingerprint density at radius 1 is 1.43 bits per heavy atom. The molecule has 2 heterocycles. The van der Waals surface area contributed by atoms with Crippen LogP contribution < -0.4 is 5.73 Å². The van der Waals surface area contributed by atoms with Crippen molar-refractivity contribution in [2.45, 2.75) is 6.92 Å².